The quantitative estimate of drug-likeness (QED) is 0.783. The molecule has 1 aliphatic carbocycles. The third-order valence-electron chi connectivity index (χ3n) is 4.83. The first kappa shape index (κ1) is 15.3. The van der Waals surface area contributed by atoms with Gasteiger partial charge in [0.2, 0.25) is 5.91 Å². The molecule has 0 aromatic rings. The van der Waals surface area contributed by atoms with Crippen molar-refractivity contribution < 1.29 is 9.53 Å². The van der Waals surface area contributed by atoms with Gasteiger partial charge in [-0.15, -0.1) is 0 Å². The van der Waals surface area contributed by atoms with Gasteiger partial charge in [-0.2, -0.15) is 0 Å². The standard InChI is InChI=1S/C16H29N3O2/c20-16(12-17-11-14-4-5-14)19-7-2-6-18(8-9-19)13-15-3-1-10-21-15/h14-15,17H,1-13H2. The van der Waals surface area contributed by atoms with Gasteiger partial charge in [-0.1, -0.05) is 0 Å². The Balaban J connectivity index is 1.36. The van der Waals surface area contributed by atoms with E-state index in [4.69, 9.17) is 4.74 Å². The molecule has 1 N–H and O–H groups in total. The monoisotopic (exact) mass is 295 g/mol. The van der Waals surface area contributed by atoms with E-state index in [-0.39, 0.29) is 5.91 Å². The first-order chi connectivity index (χ1) is 10.3. The number of hydrogen-bond acceptors (Lipinski definition) is 4. The first-order valence-electron chi connectivity index (χ1n) is 8.64. The third-order valence-corrected chi connectivity index (χ3v) is 4.83. The zero-order valence-electron chi connectivity index (χ0n) is 13.1. The molecule has 2 saturated heterocycles. The van der Waals surface area contributed by atoms with Crippen LogP contribution < -0.4 is 5.32 Å². The van der Waals surface area contributed by atoms with Crippen LogP contribution in [0.25, 0.3) is 0 Å². The zero-order chi connectivity index (χ0) is 14.5. The molecule has 1 atom stereocenters. The van der Waals surface area contributed by atoms with Crippen molar-refractivity contribution in [3.05, 3.63) is 0 Å². The molecule has 3 rings (SSSR count). The van der Waals surface area contributed by atoms with Gasteiger partial charge in [-0.25, -0.2) is 0 Å². The maximum Gasteiger partial charge on any atom is 0.236 e. The van der Waals surface area contributed by atoms with Crippen LogP contribution in [0.5, 0.6) is 0 Å². The molecule has 1 saturated carbocycles. The largest absolute Gasteiger partial charge is 0.377 e. The molecule has 5 nitrogen and oxygen atoms in total. The number of nitrogens with zero attached hydrogens (tertiary/aromatic N) is 2. The molecule has 21 heavy (non-hydrogen) atoms. The van der Waals surface area contributed by atoms with Crippen molar-refractivity contribution >= 4 is 5.91 Å². The number of carbonyl (C=O) groups is 1. The predicted octanol–water partition coefficient (Wildman–Crippen LogP) is 0.699. The lowest BCUT2D eigenvalue weighted by Gasteiger charge is -2.24. The van der Waals surface area contributed by atoms with Gasteiger partial charge in [0.25, 0.3) is 0 Å². The zero-order valence-corrected chi connectivity index (χ0v) is 13.1. The Bertz CT molecular complexity index is 340. The normalized spacial score (nSPS) is 27.8. The van der Waals surface area contributed by atoms with Crippen LogP contribution in [0.4, 0.5) is 0 Å². The van der Waals surface area contributed by atoms with Crippen LogP contribution in [0.15, 0.2) is 0 Å². The predicted molar refractivity (Wildman–Crippen MR) is 82.2 cm³/mol. The maximum atomic E-state index is 12.2. The SMILES string of the molecule is O=C(CNCC1CC1)N1CCCN(CC2CCCO2)CC1. The van der Waals surface area contributed by atoms with E-state index in [1.54, 1.807) is 0 Å². The van der Waals surface area contributed by atoms with Gasteiger partial charge in [0, 0.05) is 32.8 Å². The summed E-state index contributed by atoms with van der Waals surface area (Å²) in [5.41, 5.74) is 0. The molecule has 0 aromatic heterocycles. The summed E-state index contributed by atoms with van der Waals surface area (Å²) >= 11 is 0. The van der Waals surface area contributed by atoms with Gasteiger partial charge >= 0.3 is 0 Å². The van der Waals surface area contributed by atoms with Crippen LogP contribution in [-0.4, -0.2) is 74.2 Å². The van der Waals surface area contributed by atoms with Crippen LogP contribution in [-0.2, 0) is 9.53 Å². The number of nitrogens with one attached hydrogen (secondary N) is 1. The van der Waals surface area contributed by atoms with Crippen LogP contribution in [0.3, 0.4) is 0 Å². The number of ether oxygens (including phenoxy) is 1. The molecule has 3 fully saturated rings. The summed E-state index contributed by atoms with van der Waals surface area (Å²) in [4.78, 5) is 16.7. The minimum Gasteiger partial charge on any atom is -0.377 e. The average molecular weight is 295 g/mol. The second-order valence-electron chi connectivity index (χ2n) is 6.74. The molecule has 2 aliphatic heterocycles. The van der Waals surface area contributed by atoms with E-state index in [0.717, 1.165) is 58.2 Å². The van der Waals surface area contributed by atoms with Crippen molar-refractivity contribution in [2.75, 3.05) is 52.4 Å². The van der Waals surface area contributed by atoms with E-state index < -0.39 is 0 Å². The smallest absolute Gasteiger partial charge is 0.236 e. The summed E-state index contributed by atoms with van der Waals surface area (Å²) in [5, 5.41) is 3.31. The molecule has 120 valence electrons. The van der Waals surface area contributed by atoms with Gasteiger partial charge < -0.3 is 15.0 Å². The third kappa shape index (κ3) is 4.94. The van der Waals surface area contributed by atoms with E-state index in [1.807, 2.05) is 4.90 Å². The van der Waals surface area contributed by atoms with Crippen molar-refractivity contribution in [3.8, 4) is 0 Å². The van der Waals surface area contributed by atoms with Crippen LogP contribution in [0, 0.1) is 5.92 Å². The van der Waals surface area contributed by atoms with Crippen molar-refractivity contribution in [1.29, 1.82) is 0 Å². The molecular weight excluding hydrogens is 266 g/mol. The summed E-state index contributed by atoms with van der Waals surface area (Å²) in [6.45, 7) is 7.38. The Labute approximate surface area is 128 Å². The molecule has 0 aromatic carbocycles. The average Bonchev–Trinajstić information content (AvgIpc) is 3.21. The summed E-state index contributed by atoms with van der Waals surface area (Å²) in [5.74, 6) is 1.11. The topological polar surface area (TPSA) is 44.8 Å². The van der Waals surface area contributed by atoms with E-state index in [2.05, 4.69) is 10.2 Å². The van der Waals surface area contributed by atoms with Crippen LogP contribution in [0.1, 0.15) is 32.1 Å². The lowest BCUT2D eigenvalue weighted by Crippen LogP contribution is -2.41. The Morgan fingerprint density at radius 3 is 2.76 bits per heavy atom. The molecule has 5 heteroatoms. The Morgan fingerprint density at radius 2 is 2.00 bits per heavy atom. The maximum absolute atomic E-state index is 12.2. The van der Waals surface area contributed by atoms with Crippen molar-refractivity contribution in [2.24, 2.45) is 5.92 Å². The summed E-state index contributed by atoms with van der Waals surface area (Å²) < 4.78 is 5.72. The van der Waals surface area contributed by atoms with E-state index >= 15 is 0 Å². The Morgan fingerprint density at radius 1 is 1.10 bits per heavy atom. The highest BCUT2D eigenvalue weighted by Gasteiger charge is 2.24. The molecule has 3 aliphatic rings. The minimum absolute atomic E-state index is 0.273. The molecule has 0 radical (unpaired) electrons. The van der Waals surface area contributed by atoms with Gasteiger partial charge in [0.15, 0.2) is 0 Å². The first-order valence-corrected chi connectivity index (χ1v) is 8.64. The lowest BCUT2D eigenvalue weighted by atomic mass is 10.2. The number of rotatable bonds is 6. The van der Waals surface area contributed by atoms with Crippen molar-refractivity contribution in [1.82, 2.24) is 15.1 Å². The molecule has 0 bridgehead atoms. The van der Waals surface area contributed by atoms with Crippen LogP contribution >= 0.6 is 0 Å². The molecule has 0 spiro atoms. The van der Waals surface area contributed by atoms with Gasteiger partial charge in [0.05, 0.1) is 12.6 Å². The van der Waals surface area contributed by atoms with Crippen LogP contribution in [0.2, 0.25) is 0 Å². The van der Waals surface area contributed by atoms with E-state index in [1.165, 1.54) is 25.7 Å². The second-order valence-corrected chi connectivity index (χ2v) is 6.74. The Hall–Kier alpha value is -0.650. The number of amides is 1. The van der Waals surface area contributed by atoms with E-state index in [0.29, 0.717) is 12.6 Å². The fourth-order valence-corrected chi connectivity index (χ4v) is 3.30. The fraction of sp³-hybridized carbons (Fsp3) is 0.938. The second kappa shape index (κ2) is 7.56. The molecule has 2 heterocycles. The molecule has 1 unspecified atom stereocenters. The lowest BCUT2D eigenvalue weighted by molar-refractivity contribution is -0.130. The molecule has 1 amide bonds. The summed E-state index contributed by atoms with van der Waals surface area (Å²) in [6.07, 6.45) is 6.58. The van der Waals surface area contributed by atoms with Gasteiger partial charge in [-0.05, 0) is 51.1 Å². The van der Waals surface area contributed by atoms with Crippen molar-refractivity contribution in [3.63, 3.8) is 0 Å². The van der Waals surface area contributed by atoms with E-state index in [9.17, 15) is 4.79 Å². The highest BCUT2D eigenvalue weighted by molar-refractivity contribution is 5.78. The van der Waals surface area contributed by atoms with Gasteiger partial charge in [0.1, 0.15) is 0 Å². The highest BCUT2D eigenvalue weighted by Crippen LogP contribution is 2.27. The summed E-state index contributed by atoms with van der Waals surface area (Å²) in [7, 11) is 0. The highest BCUT2D eigenvalue weighted by atomic mass is 16.5. The fourth-order valence-electron chi connectivity index (χ4n) is 3.30. The molecular formula is C16H29N3O2. The Kier molecular flexibility index (Phi) is 5.49. The van der Waals surface area contributed by atoms with Gasteiger partial charge in [-0.3, -0.25) is 9.69 Å². The number of hydrogen-bond donors (Lipinski definition) is 1. The minimum atomic E-state index is 0.273. The summed E-state index contributed by atoms with van der Waals surface area (Å²) in [6, 6.07) is 0. The van der Waals surface area contributed by atoms with Crippen molar-refractivity contribution in [2.45, 2.75) is 38.2 Å². The number of carbonyl (C=O) groups excluding carboxylic acids is 1.